The highest BCUT2D eigenvalue weighted by Crippen LogP contribution is 2.05. The molecule has 0 saturated carbocycles. The largest absolute Gasteiger partial charge is 0.409 e. The number of oxime groups is 1. The Bertz CT molecular complexity index is 429. The molecule has 0 spiro atoms. The molecule has 6 heteroatoms. The summed E-state index contributed by atoms with van der Waals surface area (Å²) in [6.07, 6.45) is 0. The van der Waals surface area contributed by atoms with E-state index in [2.05, 4.69) is 15.5 Å². The molecule has 1 aromatic heterocycles. The van der Waals surface area contributed by atoms with E-state index >= 15 is 0 Å². The zero-order chi connectivity index (χ0) is 12.1. The summed E-state index contributed by atoms with van der Waals surface area (Å²) in [5, 5.41) is 13.6. The molecule has 1 heterocycles. The molecule has 1 amide bonds. The van der Waals surface area contributed by atoms with Gasteiger partial charge in [-0.15, -0.1) is 0 Å². The monoisotopic (exact) mass is 222 g/mol. The fourth-order valence-electron chi connectivity index (χ4n) is 1.23. The standard InChI is InChI=1S/C10H14N4O2/c1-6-3-4-8(7(2)13-6)10(15)12-5-9(11)14-16/h3-4,16H,5H2,1-2H3,(H2,11,14)(H,12,15). The molecule has 1 rings (SSSR count). The SMILES string of the molecule is Cc1ccc(C(=O)NCC(N)=NO)c(C)n1. The van der Waals surface area contributed by atoms with Gasteiger partial charge in [0, 0.05) is 5.69 Å². The maximum atomic E-state index is 11.7. The summed E-state index contributed by atoms with van der Waals surface area (Å²) >= 11 is 0. The predicted molar refractivity (Wildman–Crippen MR) is 59.5 cm³/mol. The van der Waals surface area contributed by atoms with Crippen LogP contribution in [0, 0.1) is 13.8 Å². The smallest absolute Gasteiger partial charge is 0.253 e. The summed E-state index contributed by atoms with van der Waals surface area (Å²) in [6, 6.07) is 3.45. The Morgan fingerprint density at radius 2 is 2.25 bits per heavy atom. The number of rotatable bonds is 3. The van der Waals surface area contributed by atoms with E-state index in [-0.39, 0.29) is 18.3 Å². The fraction of sp³-hybridized carbons (Fsp3) is 0.300. The lowest BCUT2D eigenvalue weighted by Crippen LogP contribution is -2.34. The fourth-order valence-corrected chi connectivity index (χ4v) is 1.23. The van der Waals surface area contributed by atoms with Gasteiger partial charge in [0.05, 0.1) is 17.8 Å². The average Bonchev–Trinajstić information content (AvgIpc) is 2.25. The number of hydrogen-bond acceptors (Lipinski definition) is 4. The minimum absolute atomic E-state index is 0.00263. The highest BCUT2D eigenvalue weighted by atomic mass is 16.4. The number of amidine groups is 1. The molecule has 0 atom stereocenters. The molecule has 0 aliphatic rings. The van der Waals surface area contributed by atoms with E-state index in [1.807, 2.05) is 6.92 Å². The predicted octanol–water partition coefficient (Wildman–Crippen LogP) is 0.175. The Hall–Kier alpha value is -2.11. The van der Waals surface area contributed by atoms with E-state index in [9.17, 15) is 4.79 Å². The van der Waals surface area contributed by atoms with Gasteiger partial charge in [-0.25, -0.2) is 0 Å². The number of pyridine rings is 1. The van der Waals surface area contributed by atoms with Crippen molar-refractivity contribution >= 4 is 11.7 Å². The molecule has 6 nitrogen and oxygen atoms in total. The highest BCUT2D eigenvalue weighted by molar-refractivity contribution is 5.97. The maximum absolute atomic E-state index is 11.7. The quantitative estimate of drug-likeness (QED) is 0.294. The van der Waals surface area contributed by atoms with Crippen LogP contribution in [0.25, 0.3) is 0 Å². The lowest BCUT2D eigenvalue weighted by molar-refractivity contribution is 0.0958. The Morgan fingerprint density at radius 1 is 1.56 bits per heavy atom. The first-order chi connectivity index (χ1) is 7.54. The molecule has 0 radical (unpaired) electrons. The van der Waals surface area contributed by atoms with Gasteiger partial charge in [-0.2, -0.15) is 0 Å². The molecule has 0 fully saturated rings. The lowest BCUT2D eigenvalue weighted by atomic mass is 10.2. The van der Waals surface area contributed by atoms with Crippen molar-refractivity contribution in [2.75, 3.05) is 6.54 Å². The van der Waals surface area contributed by atoms with Gasteiger partial charge >= 0.3 is 0 Å². The van der Waals surface area contributed by atoms with Crippen molar-refractivity contribution in [3.05, 3.63) is 29.1 Å². The third kappa shape index (κ3) is 2.94. The van der Waals surface area contributed by atoms with Crippen LogP contribution < -0.4 is 11.1 Å². The summed E-state index contributed by atoms with van der Waals surface area (Å²) in [6.45, 7) is 3.61. The summed E-state index contributed by atoms with van der Waals surface area (Å²) in [5.41, 5.74) is 7.22. The number of carbonyl (C=O) groups excluding carboxylic acids is 1. The van der Waals surface area contributed by atoms with Crippen LogP contribution in [0.15, 0.2) is 17.3 Å². The molecular weight excluding hydrogens is 208 g/mol. The van der Waals surface area contributed by atoms with E-state index in [1.54, 1.807) is 19.1 Å². The molecule has 0 aliphatic heterocycles. The van der Waals surface area contributed by atoms with Crippen LogP contribution in [-0.4, -0.2) is 28.5 Å². The third-order valence-corrected chi connectivity index (χ3v) is 2.03. The van der Waals surface area contributed by atoms with Crippen LogP contribution in [0.1, 0.15) is 21.7 Å². The molecule has 0 aliphatic carbocycles. The number of nitrogens with zero attached hydrogens (tertiary/aromatic N) is 2. The Labute approximate surface area is 93.2 Å². The second-order valence-electron chi connectivity index (χ2n) is 3.36. The number of carbonyl (C=O) groups is 1. The van der Waals surface area contributed by atoms with Crippen molar-refractivity contribution < 1.29 is 10.0 Å². The molecule has 1 aromatic rings. The Balaban J connectivity index is 2.74. The van der Waals surface area contributed by atoms with Crippen molar-refractivity contribution in [3.8, 4) is 0 Å². The van der Waals surface area contributed by atoms with Gasteiger partial charge in [-0.1, -0.05) is 5.16 Å². The van der Waals surface area contributed by atoms with Crippen LogP contribution in [0.3, 0.4) is 0 Å². The Kier molecular flexibility index (Phi) is 3.82. The van der Waals surface area contributed by atoms with Gasteiger partial charge in [0.1, 0.15) is 0 Å². The topological polar surface area (TPSA) is 101 Å². The average molecular weight is 222 g/mol. The van der Waals surface area contributed by atoms with Gasteiger partial charge in [-0.05, 0) is 26.0 Å². The number of aryl methyl sites for hydroxylation is 2. The minimum atomic E-state index is -0.295. The molecule has 0 unspecified atom stereocenters. The summed E-state index contributed by atoms with van der Waals surface area (Å²) < 4.78 is 0. The summed E-state index contributed by atoms with van der Waals surface area (Å²) in [5.74, 6) is -0.345. The highest BCUT2D eigenvalue weighted by Gasteiger charge is 2.09. The molecule has 4 N–H and O–H groups in total. The first-order valence-corrected chi connectivity index (χ1v) is 4.73. The van der Waals surface area contributed by atoms with Crippen molar-refractivity contribution in [2.24, 2.45) is 10.9 Å². The van der Waals surface area contributed by atoms with Crippen LogP contribution >= 0.6 is 0 Å². The van der Waals surface area contributed by atoms with Crippen LogP contribution in [-0.2, 0) is 0 Å². The van der Waals surface area contributed by atoms with Crippen LogP contribution in [0.4, 0.5) is 0 Å². The zero-order valence-electron chi connectivity index (χ0n) is 9.19. The minimum Gasteiger partial charge on any atom is -0.409 e. The molecule has 0 bridgehead atoms. The third-order valence-electron chi connectivity index (χ3n) is 2.03. The number of amides is 1. The zero-order valence-corrected chi connectivity index (χ0v) is 9.19. The van der Waals surface area contributed by atoms with E-state index in [0.717, 1.165) is 5.69 Å². The second kappa shape index (κ2) is 5.11. The van der Waals surface area contributed by atoms with E-state index in [4.69, 9.17) is 10.9 Å². The van der Waals surface area contributed by atoms with E-state index < -0.39 is 0 Å². The lowest BCUT2D eigenvalue weighted by Gasteiger charge is -2.06. The number of nitrogens with one attached hydrogen (secondary N) is 1. The van der Waals surface area contributed by atoms with Crippen molar-refractivity contribution in [1.29, 1.82) is 0 Å². The number of aromatic nitrogens is 1. The van der Waals surface area contributed by atoms with E-state index in [1.165, 1.54) is 0 Å². The van der Waals surface area contributed by atoms with Crippen LogP contribution in [0.5, 0.6) is 0 Å². The number of hydrogen-bond donors (Lipinski definition) is 3. The first-order valence-electron chi connectivity index (χ1n) is 4.73. The van der Waals surface area contributed by atoms with Gasteiger partial charge in [0.2, 0.25) is 0 Å². The van der Waals surface area contributed by atoms with E-state index in [0.29, 0.717) is 11.3 Å². The molecule has 0 aromatic carbocycles. The summed E-state index contributed by atoms with van der Waals surface area (Å²) in [7, 11) is 0. The molecule has 16 heavy (non-hydrogen) atoms. The molecular formula is C10H14N4O2. The summed E-state index contributed by atoms with van der Waals surface area (Å²) in [4.78, 5) is 15.8. The maximum Gasteiger partial charge on any atom is 0.253 e. The van der Waals surface area contributed by atoms with Crippen molar-refractivity contribution in [2.45, 2.75) is 13.8 Å². The van der Waals surface area contributed by atoms with Crippen molar-refractivity contribution in [1.82, 2.24) is 10.3 Å². The second-order valence-corrected chi connectivity index (χ2v) is 3.36. The van der Waals surface area contributed by atoms with Gasteiger partial charge in [0.25, 0.3) is 5.91 Å². The van der Waals surface area contributed by atoms with Crippen molar-refractivity contribution in [3.63, 3.8) is 0 Å². The normalized spacial score (nSPS) is 11.2. The van der Waals surface area contributed by atoms with Crippen LogP contribution in [0.2, 0.25) is 0 Å². The van der Waals surface area contributed by atoms with Gasteiger partial charge in [0.15, 0.2) is 5.84 Å². The number of nitrogens with two attached hydrogens (primary N) is 1. The van der Waals surface area contributed by atoms with Gasteiger partial charge in [-0.3, -0.25) is 9.78 Å². The molecule has 0 saturated heterocycles. The Morgan fingerprint density at radius 3 is 2.81 bits per heavy atom. The molecule has 86 valence electrons. The van der Waals surface area contributed by atoms with Gasteiger partial charge < -0.3 is 16.3 Å². The first kappa shape index (κ1) is 12.0.